The van der Waals surface area contributed by atoms with Crippen LogP contribution in [0.2, 0.25) is 10.0 Å². The lowest BCUT2D eigenvalue weighted by Gasteiger charge is -2.26. The van der Waals surface area contributed by atoms with Gasteiger partial charge in [-0.3, -0.25) is 4.68 Å². The summed E-state index contributed by atoms with van der Waals surface area (Å²) in [6.45, 7) is 2.74. The van der Waals surface area contributed by atoms with E-state index in [4.69, 9.17) is 33.7 Å². The third-order valence-corrected chi connectivity index (χ3v) is 6.03. The van der Waals surface area contributed by atoms with E-state index in [1.54, 1.807) is 36.3 Å². The number of nitrogens with one attached hydrogen (secondary N) is 1. The average Bonchev–Trinajstić information content (AvgIpc) is 3.23. The Morgan fingerprint density at radius 2 is 2.10 bits per heavy atom. The van der Waals surface area contributed by atoms with E-state index in [9.17, 15) is 8.78 Å². The molecule has 3 heterocycles. The normalized spacial score (nSPS) is 19.9. The smallest absolute Gasteiger partial charge is 0.166 e. The molecular weight excluding hydrogens is 447 g/mol. The number of hydrogen-bond donors (Lipinski definition) is 2. The number of benzene rings is 1. The lowest BCUT2D eigenvalue weighted by Crippen LogP contribution is -2.39. The van der Waals surface area contributed by atoms with Gasteiger partial charge in [-0.1, -0.05) is 23.2 Å². The van der Waals surface area contributed by atoms with Gasteiger partial charge in [0.15, 0.2) is 11.6 Å². The van der Waals surface area contributed by atoms with Crippen LogP contribution in [0.25, 0.3) is 11.1 Å². The Morgan fingerprint density at radius 1 is 1.29 bits per heavy atom. The first-order chi connectivity index (χ1) is 14.8. The first kappa shape index (κ1) is 21.8. The van der Waals surface area contributed by atoms with Crippen LogP contribution in [-0.2, 0) is 0 Å². The van der Waals surface area contributed by atoms with Gasteiger partial charge < -0.3 is 15.8 Å². The second kappa shape index (κ2) is 8.98. The van der Waals surface area contributed by atoms with Gasteiger partial charge in [0.05, 0.1) is 17.3 Å². The summed E-state index contributed by atoms with van der Waals surface area (Å²) in [7, 11) is 0. The van der Waals surface area contributed by atoms with E-state index in [0.717, 1.165) is 12.1 Å². The fourth-order valence-corrected chi connectivity index (χ4v) is 4.32. The highest BCUT2D eigenvalue weighted by Crippen LogP contribution is 2.37. The predicted molar refractivity (Wildman–Crippen MR) is 117 cm³/mol. The van der Waals surface area contributed by atoms with Gasteiger partial charge in [-0.05, 0) is 38.1 Å². The molecular formula is C21H21Cl2F2N5O. The number of pyridine rings is 1. The number of nitrogens with two attached hydrogens (primary N) is 1. The van der Waals surface area contributed by atoms with Gasteiger partial charge in [0.25, 0.3) is 0 Å². The number of ether oxygens (including phenoxy) is 1. The highest BCUT2D eigenvalue weighted by molar-refractivity contribution is 6.36. The number of rotatable bonds is 5. The maximum atomic E-state index is 14.2. The Hall–Kier alpha value is -2.42. The molecule has 1 saturated heterocycles. The summed E-state index contributed by atoms with van der Waals surface area (Å²) in [5, 5.41) is 7.54. The fourth-order valence-electron chi connectivity index (χ4n) is 3.65. The highest BCUT2D eigenvalue weighted by atomic mass is 35.5. The first-order valence-corrected chi connectivity index (χ1v) is 10.6. The topological polar surface area (TPSA) is 78.0 Å². The van der Waals surface area contributed by atoms with Crippen LogP contribution in [0.15, 0.2) is 36.8 Å². The number of hydrogen-bond acceptors (Lipinski definition) is 5. The molecule has 3 N–H and O–H groups in total. The van der Waals surface area contributed by atoms with Gasteiger partial charge in [-0.25, -0.2) is 13.8 Å². The zero-order valence-corrected chi connectivity index (χ0v) is 18.2. The van der Waals surface area contributed by atoms with Crippen LogP contribution in [0, 0.1) is 5.82 Å². The molecule has 1 fully saturated rings. The number of nitrogen functional groups attached to an aromatic ring is 1. The largest absolute Gasteiger partial charge is 0.482 e. The summed E-state index contributed by atoms with van der Waals surface area (Å²) in [4.78, 5) is 4.19. The van der Waals surface area contributed by atoms with Gasteiger partial charge in [0, 0.05) is 40.7 Å². The molecule has 2 aromatic heterocycles. The molecule has 31 heavy (non-hydrogen) atoms. The maximum Gasteiger partial charge on any atom is 0.166 e. The summed E-state index contributed by atoms with van der Waals surface area (Å²) in [6, 6.07) is 4.00. The second-order valence-corrected chi connectivity index (χ2v) is 8.19. The van der Waals surface area contributed by atoms with Gasteiger partial charge >= 0.3 is 0 Å². The summed E-state index contributed by atoms with van der Waals surface area (Å²) in [5.41, 5.74) is 7.75. The maximum absolute atomic E-state index is 14.2. The van der Waals surface area contributed by atoms with Gasteiger partial charge in [0.1, 0.15) is 18.1 Å². The van der Waals surface area contributed by atoms with Gasteiger partial charge in [-0.2, -0.15) is 5.10 Å². The molecule has 4 rings (SSSR count). The van der Waals surface area contributed by atoms with E-state index in [1.807, 2.05) is 0 Å². The molecule has 0 radical (unpaired) electrons. The minimum Gasteiger partial charge on any atom is -0.482 e. The van der Waals surface area contributed by atoms with Crippen LogP contribution in [0.1, 0.15) is 31.1 Å². The van der Waals surface area contributed by atoms with Crippen molar-refractivity contribution in [2.45, 2.75) is 31.7 Å². The summed E-state index contributed by atoms with van der Waals surface area (Å²) in [5.74, 6) is -0.138. The number of halogens is 4. The van der Waals surface area contributed by atoms with Crippen molar-refractivity contribution in [1.82, 2.24) is 20.1 Å². The fraction of sp³-hybridized carbons (Fsp3) is 0.333. The molecule has 10 heteroatoms. The van der Waals surface area contributed by atoms with Crippen LogP contribution >= 0.6 is 23.2 Å². The third kappa shape index (κ3) is 4.46. The molecule has 3 atom stereocenters. The van der Waals surface area contributed by atoms with E-state index in [-0.39, 0.29) is 21.9 Å². The number of nitrogens with zero attached hydrogens (tertiary/aromatic N) is 3. The molecule has 0 spiro atoms. The van der Waals surface area contributed by atoms with E-state index in [2.05, 4.69) is 15.4 Å². The minimum absolute atomic E-state index is 0.105. The van der Waals surface area contributed by atoms with Crippen LogP contribution in [0.5, 0.6) is 5.75 Å². The van der Waals surface area contributed by atoms with Crippen LogP contribution < -0.4 is 15.8 Å². The second-order valence-electron chi connectivity index (χ2n) is 7.41. The monoisotopic (exact) mass is 467 g/mol. The Morgan fingerprint density at radius 3 is 2.87 bits per heavy atom. The standard InChI is InChI=1S/C21H21Cl2F2N5O/c1-11(19-14(22)2-3-15(24)20(19)23)31-18-6-12(7-28-21(18)26)13-8-29-30(10-13)17-4-5-27-9-16(17)25/h2-3,6-8,10-11,16-17,27H,4-5,9H2,1H3,(H2,26,28)/t11-,16+,17-/m1/s1. The number of anilines is 1. The van der Waals surface area contributed by atoms with Crippen molar-refractivity contribution < 1.29 is 13.5 Å². The Balaban J connectivity index is 1.59. The van der Waals surface area contributed by atoms with E-state index < -0.39 is 18.1 Å². The van der Waals surface area contributed by atoms with Crippen LogP contribution in [0.4, 0.5) is 14.6 Å². The Kier molecular flexibility index (Phi) is 6.31. The first-order valence-electron chi connectivity index (χ1n) is 9.80. The summed E-state index contributed by atoms with van der Waals surface area (Å²) < 4.78 is 35.7. The minimum atomic E-state index is -1.01. The van der Waals surface area contributed by atoms with Crippen molar-refractivity contribution in [3.63, 3.8) is 0 Å². The van der Waals surface area contributed by atoms with Crippen molar-refractivity contribution >= 4 is 29.0 Å². The van der Waals surface area contributed by atoms with Crippen LogP contribution in [-0.4, -0.2) is 34.0 Å². The SMILES string of the molecule is C[C@@H](Oc1cc(-c2cnn([C@@H]3CCNC[C@@H]3F)c2)cnc1N)c1c(Cl)ccc(F)c1Cl. The quantitative estimate of drug-likeness (QED) is 0.517. The summed E-state index contributed by atoms with van der Waals surface area (Å²) >= 11 is 12.3. The lowest BCUT2D eigenvalue weighted by atomic mass is 10.1. The number of aromatic nitrogens is 3. The van der Waals surface area contributed by atoms with E-state index in [0.29, 0.717) is 29.8 Å². The molecule has 164 valence electrons. The van der Waals surface area contributed by atoms with E-state index in [1.165, 1.54) is 12.1 Å². The Labute approximate surface area is 188 Å². The molecule has 0 amide bonds. The number of alkyl halides is 1. The van der Waals surface area contributed by atoms with Crippen LogP contribution in [0.3, 0.4) is 0 Å². The van der Waals surface area contributed by atoms with Gasteiger partial charge in [0.2, 0.25) is 0 Å². The lowest BCUT2D eigenvalue weighted by molar-refractivity contribution is 0.173. The molecule has 6 nitrogen and oxygen atoms in total. The molecule has 0 bridgehead atoms. The summed E-state index contributed by atoms with van der Waals surface area (Å²) in [6.07, 6.45) is 3.99. The Bertz CT molecular complexity index is 1090. The average molecular weight is 468 g/mol. The molecule has 0 aliphatic carbocycles. The van der Waals surface area contributed by atoms with Gasteiger partial charge in [-0.15, -0.1) is 0 Å². The zero-order chi connectivity index (χ0) is 22.1. The highest BCUT2D eigenvalue weighted by Gasteiger charge is 2.27. The van der Waals surface area contributed by atoms with Crippen molar-refractivity contribution in [1.29, 1.82) is 0 Å². The molecule has 0 unspecified atom stereocenters. The van der Waals surface area contributed by atoms with Crippen molar-refractivity contribution in [3.05, 3.63) is 58.2 Å². The predicted octanol–water partition coefficient (Wildman–Crippen LogP) is 4.99. The van der Waals surface area contributed by atoms with Crippen molar-refractivity contribution in [3.8, 4) is 16.9 Å². The molecule has 3 aromatic rings. The number of piperidine rings is 1. The molecule has 1 aliphatic heterocycles. The zero-order valence-electron chi connectivity index (χ0n) is 16.7. The molecule has 1 aromatic carbocycles. The van der Waals surface area contributed by atoms with Crippen molar-refractivity contribution in [2.24, 2.45) is 0 Å². The third-order valence-electron chi connectivity index (χ3n) is 5.32. The van der Waals surface area contributed by atoms with Crippen molar-refractivity contribution in [2.75, 3.05) is 18.8 Å². The molecule has 0 saturated carbocycles. The molecule has 1 aliphatic rings. The van der Waals surface area contributed by atoms with E-state index >= 15 is 0 Å².